The number of carbonyl (C=O) groups excluding carboxylic acids is 4. The molecule has 0 radical (unpaired) electrons. The summed E-state index contributed by atoms with van der Waals surface area (Å²) in [7, 11) is 0. The largest absolute Gasteiger partial charge is 0.508 e. The predicted octanol–water partition coefficient (Wildman–Crippen LogP) is 7.43. The predicted molar refractivity (Wildman–Crippen MR) is 176 cm³/mol. The third kappa shape index (κ3) is 4.10. The summed E-state index contributed by atoms with van der Waals surface area (Å²) >= 11 is 12.2. The van der Waals surface area contributed by atoms with E-state index in [1.807, 2.05) is 30.3 Å². The van der Waals surface area contributed by atoms with Gasteiger partial charge in [-0.1, -0.05) is 65.2 Å². The van der Waals surface area contributed by atoms with Gasteiger partial charge in [-0.25, -0.2) is 9.29 Å². The molecule has 0 bridgehead atoms. The number of aromatic hydroxyl groups is 1. The second kappa shape index (κ2) is 10.5. The maximum atomic E-state index is 14.7. The zero-order valence-corrected chi connectivity index (χ0v) is 26.5. The summed E-state index contributed by atoms with van der Waals surface area (Å²) in [5.41, 5.74) is 0.387. The minimum absolute atomic E-state index is 0.0440. The summed E-state index contributed by atoms with van der Waals surface area (Å²) in [4.78, 5) is 59.5. The Morgan fingerprint density at radius 2 is 1.55 bits per heavy atom. The molecule has 0 unspecified atom stereocenters. The molecule has 8 rings (SSSR count). The molecule has 4 aromatic carbocycles. The third-order valence-electron chi connectivity index (χ3n) is 10.8. The molecule has 4 amide bonds. The number of benzene rings is 4. The van der Waals surface area contributed by atoms with Crippen LogP contribution >= 0.6 is 23.2 Å². The minimum Gasteiger partial charge on any atom is -0.508 e. The summed E-state index contributed by atoms with van der Waals surface area (Å²) < 4.78 is 14.2. The molecule has 47 heavy (non-hydrogen) atoms. The van der Waals surface area contributed by atoms with Crippen molar-refractivity contribution < 1.29 is 28.7 Å². The summed E-state index contributed by atoms with van der Waals surface area (Å²) in [6.45, 7) is 1.74. The van der Waals surface area contributed by atoms with E-state index in [-0.39, 0.29) is 41.1 Å². The highest BCUT2D eigenvalue weighted by Crippen LogP contribution is 2.65. The van der Waals surface area contributed by atoms with E-state index in [0.717, 1.165) is 21.9 Å². The van der Waals surface area contributed by atoms with Crippen LogP contribution in [0, 0.1) is 34.9 Å². The van der Waals surface area contributed by atoms with Crippen LogP contribution in [0.25, 0.3) is 10.8 Å². The Hall–Kier alpha value is -4.53. The Balaban J connectivity index is 1.32. The number of amides is 4. The van der Waals surface area contributed by atoms with Crippen LogP contribution in [0.3, 0.4) is 0 Å². The molecule has 1 saturated carbocycles. The Labute approximate surface area is 279 Å². The van der Waals surface area contributed by atoms with Crippen molar-refractivity contribution in [2.45, 2.75) is 25.7 Å². The van der Waals surface area contributed by atoms with Crippen molar-refractivity contribution in [2.75, 3.05) is 9.80 Å². The Bertz CT molecular complexity index is 2100. The quantitative estimate of drug-likeness (QED) is 0.181. The van der Waals surface area contributed by atoms with E-state index in [1.54, 1.807) is 43.3 Å². The molecule has 2 saturated heterocycles. The van der Waals surface area contributed by atoms with Gasteiger partial charge >= 0.3 is 0 Å². The molecule has 2 aliphatic carbocycles. The van der Waals surface area contributed by atoms with Crippen molar-refractivity contribution in [3.05, 3.63) is 112 Å². The lowest BCUT2D eigenvalue weighted by molar-refractivity contribution is -0.131. The van der Waals surface area contributed by atoms with Crippen molar-refractivity contribution in [3.63, 3.8) is 0 Å². The zero-order valence-electron chi connectivity index (χ0n) is 25.0. The fraction of sp³-hybridized carbons (Fsp3) is 0.243. The summed E-state index contributed by atoms with van der Waals surface area (Å²) in [6.07, 6.45) is 2.33. The average molecular weight is 670 g/mol. The van der Waals surface area contributed by atoms with Crippen molar-refractivity contribution >= 4 is 69.0 Å². The number of phenolic OH excluding ortho intramolecular Hbond substituents is 1. The molecule has 236 valence electrons. The summed E-state index contributed by atoms with van der Waals surface area (Å²) in [5, 5.41) is 13.3. The van der Waals surface area contributed by atoms with Crippen LogP contribution < -0.4 is 9.80 Å². The van der Waals surface area contributed by atoms with Crippen LogP contribution in [0.4, 0.5) is 15.8 Å². The highest BCUT2D eigenvalue weighted by Gasteiger charge is 2.68. The smallest absolute Gasteiger partial charge is 0.241 e. The van der Waals surface area contributed by atoms with E-state index in [1.165, 1.54) is 17.0 Å². The van der Waals surface area contributed by atoms with E-state index in [9.17, 15) is 28.7 Å². The first-order valence-electron chi connectivity index (χ1n) is 15.4. The topological polar surface area (TPSA) is 95.0 Å². The van der Waals surface area contributed by atoms with Gasteiger partial charge in [0.2, 0.25) is 23.6 Å². The molecular formula is C37H27Cl2FN2O5. The van der Waals surface area contributed by atoms with Crippen molar-refractivity contribution in [1.82, 2.24) is 0 Å². The third-order valence-corrected chi connectivity index (χ3v) is 11.3. The van der Waals surface area contributed by atoms with Gasteiger partial charge in [0.05, 0.1) is 39.6 Å². The maximum Gasteiger partial charge on any atom is 0.241 e. The average Bonchev–Trinajstić information content (AvgIpc) is 3.43. The first-order chi connectivity index (χ1) is 22.5. The first kappa shape index (κ1) is 29.8. The lowest BCUT2D eigenvalue weighted by Gasteiger charge is -2.49. The fourth-order valence-corrected chi connectivity index (χ4v) is 8.93. The Morgan fingerprint density at radius 3 is 2.30 bits per heavy atom. The second-order valence-corrected chi connectivity index (χ2v) is 13.8. The molecule has 3 fully saturated rings. The van der Waals surface area contributed by atoms with E-state index in [4.69, 9.17) is 23.2 Å². The molecule has 4 aromatic rings. The van der Waals surface area contributed by atoms with Crippen LogP contribution in [0.15, 0.2) is 90.5 Å². The van der Waals surface area contributed by atoms with Crippen molar-refractivity contribution in [2.24, 2.45) is 29.1 Å². The van der Waals surface area contributed by atoms with Gasteiger partial charge < -0.3 is 5.11 Å². The lowest BCUT2D eigenvalue weighted by Crippen LogP contribution is -2.49. The number of hydrogen-bond acceptors (Lipinski definition) is 5. The molecule has 2 heterocycles. The highest BCUT2D eigenvalue weighted by molar-refractivity contribution is 6.32. The van der Waals surface area contributed by atoms with E-state index >= 15 is 0 Å². The minimum atomic E-state index is -1.39. The molecule has 2 aliphatic heterocycles. The normalized spacial score (nSPS) is 28.4. The summed E-state index contributed by atoms with van der Waals surface area (Å²) in [6, 6.07) is 21.1. The fourth-order valence-electron chi connectivity index (χ4n) is 8.63. The SMILES string of the molecule is C[C@@]12C(=O)N(c3ccc(F)c(Cl)c3)C(=O)[C@@H]1C[C@@H]1C(=CC[C@@H]3C(=O)N(c4ccc(Cl)cc4)C(=O)[C@@H]31)[C@@H]2c1c(O)ccc2ccccc12. The van der Waals surface area contributed by atoms with E-state index < -0.39 is 52.6 Å². The first-order valence-corrected chi connectivity index (χ1v) is 16.1. The molecule has 0 aromatic heterocycles. The summed E-state index contributed by atoms with van der Waals surface area (Å²) in [5.74, 6) is -6.18. The van der Waals surface area contributed by atoms with Crippen LogP contribution in [0.1, 0.15) is 31.2 Å². The van der Waals surface area contributed by atoms with Crippen molar-refractivity contribution in [3.8, 4) is 5.75 Å². The van der Waals surface area contributed by atoms with Gasteiger partial charge in [0, 0.05) is 16.5 Å². The lowest BCUT2D eigenvalue weighted by atomic mass is 9.51. The Kier molecular flexibility index (Phi) is 6.66. The van der Waals surface area contributed by atoms with Crippen LogP contribution in [-0.2, 0) is 19.2 Å². The molecule has 4 aliphatic rings. The zero-order chi connectivity index (χ0) is 32.9. The molecule has 0 spiro atoms. The Morgan fingerprint density at radius 1 is 0.830 bits per heavy atom. The molecule has 6 atom stereocenters. The maximum absolute atomic E-state index is 14.7. The number of imide groups is 2. The number of halogens is 3. The number of nitrogens with zero attached hydrogens (tertiary/aromatic N) is 2. The van der Waals surface area contributed by atoms with Gasteiger partial charge in [-0.2, -0.15) is 0 Å². The number of carbonyl (C=O) groups is 4. The number of hydrogen-bond donors (Lipinski definition) is 1. The molecular weight excluding hydrogens is 642 g/mol. The van der Waals surface area contributed by atoms with Crippen molar-refractivity contribution in [1.29, 1.82) is 0 Å². The van der Waals surface area contributed by atoms with Gasteiger partial charge in [0.1, 0.15) is 11.6 Å². The number of fused-ring (bicyclic) bond motifs is 5. The second-order valence-electron chi connectivity index (χ2n) is 13.0. The van der Waals surface area contributed by atoms with Gasteiger partial charge in [0.25, 0.3) is 0 Å². The molecule has 1 N–H and O–H groups in total. The standard InChI is InChI=1S/C37H27Cl2FN2O5/c1-37-26(34(45)42(36(37)47)21-11-14-28(40)27(39)16-21)17-25-23(32(37)31-22-5-3-2-4-18(22)6-15-29(31)43)12-13-24-30(25)35(46)41(33(24)44)20-9-7-19(38)8-10-20/h2-12,14-16,24-26,30,32,43H,13,17H2,1H3/t24-,25+,26-,30-,32+,37+/m0/s1. The number of anilines is 2. The van der Waals surface area contributed by atoms with E-state index in [0.29, 0.717) is 21.7 Å². The van der Waals surface area contributed by atoms with E-state index in [2.05, 4.69) is 0 Å². The van der Waals surface area contributed by atoms with Gasteiger partial charge in [0.15, 0.2) is 0 Å². The van der Waals surface area contributed by atoms with Gasteiger partial charge in [-0.15, -0.1) is 0 Å². The monoisotopic (exact) mass is 668 g/mol. The number of phenols is 1. The molecule has 7 nitrogen and oxygen atoms in total. The molecule has 10 heteroatoms. The van der Waals surface area contributed by atoms with Crippen LogP contribution in [-0.4, -0.2) is 28.7 Å². The van der Waals surface area contributed by atoms with Crippen LogP contribution in [0.2, 0.25) is 10.0 Å². The van der Waals surface area contributed by atoms with Gasteiger partial charge in [-0.3, -0.25) is 24.1 Å². The highest BCUT2D eigenvalue weighted by atomic mass is 35.5. The number of allylic oxidation sites excluding steroid dienone is 2. The van der Waals surface area contributed by atoms with Crippen LogP contribution in [0.5, 0.6) is 5.75 Å². The number of rotatable bonds is 3. The van der Waals surface area contributed by atoms with Gasteiger partial charge in [-0.05, 0) is 85.0 Å².